The third kappa shape index (κ3) is 0.476. The standard InChI is InChI=1S/C5H6Br2/c6-4-1-5(7,2-4)3-4/h1-3H2/i1D2,2D2,3D2. The largest absolute Gasteiger partial charge is 0.0852 e. The maximum Gasteiger partial charge on any atom is 0.0298 e. The number of rotatable bonds is 0. The maximum atomic E-state index is 7.52. The molecule has 0 amide bonds. The van der Waals surface area contributed by atoms with Crippen molar-refractivity contribution in [3.63, 3.8) is 0 Å². The monoisotopic (exact) mass is 230 g/mol. The van der Waals surface area contributed by atoms with E-state index in [1.807, 2.05) is 0 Å². The van der Waals surface area contributed by atoms with Gasteiger partial charge >= 0.3 is 0 Å². The first-order valence-corrected chi connectivity index (χ1v) is 3.46. The van der Waals surface area contributed by atoms with Gasteiger partial charge in [0, 0.05) is 16.9 Å². The second-order valence-corrected chi connectivity index (χ2v) is 4.07. The zero-order chi connectivity index (χ0) is 10.5. The molecule has 0 N–H and O–H groups in total. The van der Waals surface area contributed by atoms with Crippen LogP contribution in [0, 0.1) is 0 Å². The highest BCUT2D eigenvalue weighted by Gasteiger charge is 2.65. The van der Waals surface area contributed by atoms with Crippen molar-refractivity contribution >= 4 is 31.9 Å². The number of alkyl halides is 2. The molecule has 0 radical (unpaired) electrons. The summed E-state index contributed by atoms with van der Waals surface area (Å²) in [5, 5.41) is 0. The van der Waals surface area contributed by atoms with Gasteiger partial charge in [-0.1, -0.05) is 31.9 Å². The van der Waals surface area contributed by atoms with Crippen molar-refractivity contribution in [2.75, 3.05) is 0 Å². The fourth-order valence-corrected chi connectivity index (χ4v) is 3.29. The molecule has 0 atom stereocenters. The molecule has 3 fully saturated rings. The molecule has 40 valence electrons. The summed E-state index contributed by atoms with van der Waals surface area (Å²) in [6.07, 6.45) is -5.69. The van der Waals surface area contributed by atoms with E-state index >= 15 is 0 Å². The van der Waals surface area contributed by atoms with Crippen LogP contribution in [0.2, 0.25) is 0 Å². The van der Waals surface area contributed by atoms with Gasteiger partial charge in [-0.05, 0) is 19.1 Å². The molecular weight excluding hydrogens is 220 g/mol. The van der Waals surface area contributed by atoms with Gasteiger partial charge in [-0.25, -0.2) is 0 Å². The minimum Gasteiger partial charge on any atom is -0.0852 e. The molecule has 0 heterocycles. The Kier molecular flexibility index (Phi) is 0.239. The van der Waals surface area contributed by atoms with E-state index in [0.717, 1.165) is 0 Å². The minimum atomic E-state index is -1.90. The molecule has 0 unspecified atom stereocenters. The van der Waals surface area contributed by atoms with Crippen molar-refractivity contribution in [1.29, 1.82) is 0 Å². The van der Waals surface area contributed by atoms with E-state index in [9.17, 15) is 0 Å². The third-order valence-corrected chi connectivity index (χ3v) is 2.22. The van der Waals surface area contributed by atoms with Crippen LogP contribution in [0.1, 0.15) is 27.3 Å². The second-order valence-electron chi connectivity index (χ2n) is 1.69. The van der Waals surface area contributed by atoms with Gasteiger partial charge in [0.25, 0.3) is 0 Å². The Morgan fingerprint density at radius 1 is 1.14 bits per heavy atom. The van der Waals surface area contributed by atoms with E-state index in [1.165, 1.54) is 0 Å². The van der Waals surface area contributed by atoms with Gasteiger partial charge < -0.3 is 0 Å². The highest BCUT2D eigenvalue weighted by Crippen LogP contribution is 2.69. The van der Waals surface area contributed by atoms with E-state index in [4.69, 9.17) is 8.22 Å². The molecule has 0 spiro atoms. The molecule has 3 saturated carbocycles. The predicted molar refractivity (Wildman–Crippen MR) is 37.2 cm³/mol. The molecule has 0 nitrogen and oxygen atoms in total. The summed E-state index contributed by atoms with van der Waals surface area (Å²) >= 11 is 5.75. The van der Waals surface area contributed by atoms with Crippen LogP contribution < -0.4 is 0 Å². The van der Waals surface area contributed by atoms with Crippen molar-refractivity contribution in [3.05, 3.63) is 0 Å². The Balaban J connectivity index is 2.57. The molecule has 0 aliphatic heterocycles. The van der Waals surface area contributed by atoms with Gasteiger partial charge in [0.05, 0.1) is 0 Å². The summed E-state index contributed by atoms with van der Waals surface area (Å²) in [5.41, 5.74) is 0. The average molecular weight is 232 g/mol. The fraction of sp³-hybridized carbons (Fsp3) is 1.00. The summed E-state index contributed by atoms with van der Waals surface area (Å²) in [6.45, 7) is 0. The van der Waals surface area contributed by atoms with Crippen LogP contribution in [-0.4, -0.2) is 8.65 Å². The molecule has 0 saturated heterocycles. The van der Waals surface area contributed by atoms with Gasteiger partial charge in [0.1, 0.15) is 0 Å². The first kappa shape index (κ1) is 1.72. The second kappa shape index (κ2) is 0.971. The normalized spacial score (nSPS) is 100. The van der Waals surface area contributed by atoms with Crippen LogP contribution >= 0.6 is 31.9 Å². The Labute approximate surface area is 68.4 Å². The Hall–Kier alpha value is 0.960. The van der Waals surface area contributed by atoms with Gasteiger partial charge in [-0.2, -0.15) is 0 Å². The molecule has 0 aromatic carbocycles. The minimum absolute atomic E-state index is 1.72. The first-order chi connectivity index (χ1) is 5.50. The SMILES string of the molecule is [2H]C1([2H])C2(Br)C([2H])([2H])C1(Br)C2([2H])[2H]. The van der Waals surface area contributed by atoms with E-state index in [1.54, 1.807) is 0 Å². The zero-order valence-electron chi connectivity index (χ0n) is 9.26. The topological polar surface area (TPSA) is 0 Å². The van der Waals surface area contributed by atoms with Crippen LogP contribution in [0.15, 0.2) is 0 Å². The third-order valence-electron chi connectivity index (χ3n) is 1.03. The lowest BCUT2D eigenvalue weighted by molar-refractivity contribution is 0.112. The Morgan fingerprint density at radius 3 is 1.57 bits per heavy atom. The van der Waals surface area contributed by atoms with Crippen molar-refractivity contribution in [2.45, 2.75) is 27.8 Å². The van der Waals surface area contributed by atoms with E-state index in [-0.39, 0.29) is 0 Å². The summed E-state index contributed by atoms with van der Waals surface area (Å²) < 4.78 is 41.7. The van der Waals surface area contributed by atoms with Crippen LogP contribution in [0.3, 0.4) is 0 Å². The highest BCUT2D eigenvalue weighted by molar-refractivity contribution is 9.11. The van der Waals surface area contributed by atoms with Crippen LogP contribution in [0.25, 0.3) is 0 Å². The average Bonchev–Trinajstić information content (AvgIpc) is 1.99. The van der Waals surface area contributed by atoms with Gasteiger partial charge in [0.15, 0.2) is 0 Å². The first-order valence-electron chi connectivity index (χ1n) is 4.88. The van der Waals surface area contributed by atoms with E-state index in [0.29, 0.717) is 0 Å². The quantitative estimate of drug-likeness (QED) is 0.562. The lowest BCUT2D eigenvalue weighted by Crippen LogP contribution is -2.64. The maximum absolute atomic E-state index is 7.52. The molecule has 3 aliphatic rings. The summed E-state index contributed by atoms with van der Waals surface area (Å²) in [6, 6.07) is 0. The molecule has 2 heteroatoms. The lowest BCUT2D eigenvalue weighted by Gasteiger charge is -2.64. The summed E-state index contributed by atoms with van der Waals surface area (Å²) in [4.78, 5) is 0. The van der Waals surface area contributed by atoms with Crippen molar-refractivity contribution in [2.24, 2.45) is 0 Å². The lowest BCUT2D eigenvalue weighted by atomic mass is 9.56. The van der Waals surface area contributed by atoms with Crippen LogP contribution in [0.5, 0.6) is 0 Å². The molecule has 7 heavy (non-hydrogen) atoms. The summed E-state index contributed by atoms with van der Waals surface area (Å²) in [5.74, 6) is 0. The number of hydrogen-bond donors (Lipinski definition) is 0. The number of hydrogen-bond acceptors (Lipinski definition) is 0. The smallest absolute Gasteiger partial charge is 0.0298 e. The Morgan fingerprint density at radius 2 is 1.43 bits per heavy atom. The molecule has 0 aromatic rings. The zero-order valence-corrected chi connectivity index (χ0v) is 6.43. The molecular formula is C5H6Br2. The van der Waals surface area contributed by atoms with Crippen molar-refractivity contribution < 1.29 is 8.22 Å². The summed E-state index contributed by atoms with van der Waals surface area (Å²) in [7, 11) is 0. The predicted octanol–water partition coefficient (Wildman–Crippen LogP) is 2.45. The fourth-order valence-electron chi connectivity index (χ4n) is 0.712. The van der Waals surface area contributed by atoms with Gasteiger partial charge in [0.2, 0.25) is 0 Å². The highest BCUT2D eigenvalue weighted by atomic mass is 79.9. The van der Waals surface area contributed by atoms with E-state index in [2.05, 4.69) is 31.9 Å². The van der Waals surface area contributed by atoms with Crippen LogP contribution in [-0.2, 0) is 0 Å². The molecule has 3 rings (SSSR count). The molecule has 2 bridgehead atoms. The van der Waals surface area contributed by atoms with Crippen molar-refractivity contribution in [1.82, 2.24) is 0 Å². The van der Waals surface area contributed by atoms with E-state index < -0.39 is 27.8 Å². The Bertz CT molecular complexity index is 230. The van der Waals surface area contributed by atoms with Gasteiger partial charge in [-0.3, -0.25) is 0 Å². The molecule has 3 aliphatic carbocycles. The number of halogens is 2. The van der Waals surface area contributed by atoms with Crippen LogP contribution in [0.4, 0.5) is 0 Å². The molecule has 0 aromatic heterocycles. The van der Waals surface area contributed by atoms with Gasteiger partial charge in [-0.15, -0.1) is 0 Å². The van der Waals surface area contributed by atoms with Crippen molar-refractivity contribution in [3.8, 4) is 0 Å².